The molecule has 4 heteroatoms. The highest BCUT2D eigenvalue weighted by Gasteiger charge is 2.00. The first-order valence-corrected chi connectivity index (χ1v) is 10.2. The number of aliphatic imine (C=N–C) groups is 2. The van der Waals surface area contributed by atoms with Gasteiger partial charge in [0.2, 0.25) is 0 Å². The normalized spacial score (nSPS) is 11.4. The number of hydrogen-bond donors (Lipinski definition) is 0. The molecule has 0 saturated carbocycles. The monoisotopic (exact) mass is 380 g/mol. The summed E-state index contributed by atoms with van der Waals surface area (Å²) < 4.78 is 11.5. The minimum atomic E-state index is 0.757. The van der Waals surface area contributed by atoms with Crippen LogP contribution in [-0.4, -0.2) is 25.6 Å². The van der Waals surface area contributed by atoms with E-state index in [1.165, 1.54) is 0 Å². The molecule has 28 heavy (non-hydrogen) atoms. The molecule has 0 spiro atoms. The van der Waals surface area contributed by atoms with Gasteiger partial charge in [-0.05, 0) is 74.2 Å². The van der Waals surface area contributed by atoms with Gasteiger partial charge in [0.25, 0.3) is 0 Å². The zero-order chi connectivity index (χ0) is 20.2. The molecule has 0 unspecified atom stereocenters. The van der Waals surface area contributed by atoms with Crippen molar-refractivity contribution in [3.05, 3.63) is 47.5 Å². The van der Waals surface area contributed by atoms with Gasteiger partial charge in [0.05, 0.1) is 24.6 Å². The lowest BCUT2D eigenvalue weighted by Gasteiger charge is -2.07. The Balaban J connectivity index is 1.93. The fraction of sp³-hybridized carbons (Fsp3) is 0.417. The molecule has 150 valence electrons. The van der Waals surface area contributed by atoms with E-state index in [0.29, 0.717) is 0 Å². The van der Waals surface area contributed by atoms with Gasteiger partial charge in [0.15, 0.2) is 0 Å². The largest absolute Gasteiger partial charge is 0.494 e. The third kappa shape index (κ3) is 7.18. The van der Waals surface area contributed by atoms with Crippen LogP contribution in [0.2, 0.25) is 0 Å². The van der Waals surface area contributed by atoms with Crippen LogP contribution in [0, 0.1) is 13.8 Å². The van der Waals surface area contributed by atoms with Crippen molar-refractivity contribution < 1.29 is 9.47 Å². The van der Waals surface area contributed by atoms with E-state index in [4.69, 9.17) is 9.47 Å². The molecule has 4 nitrogen and oxygen atoms in total. The van der Waals surface area contributed by atoms with Gasteiger partial charge in [-0.15, -0.1) is 0 Å². The second kappa shape index (κ2) is 12.0. The van der Waals surface area contributed by atoms with Gasteiger partial charge < -0.3 is 9.47 Å². The van der Waals surface area contributed by atoms with Gasteiger partial charge in [-0.1, -0.05) is 26.7 Å². The zero-order valence-corrected chi connectivity index (χ0v) is 17.6. The third-order valence-corrected chi connectivity index (χ3v) is 4.36. The first kappa shape index (κ1) is 21.7. The molecule has 0 bridgehead atoms. The predicted molar refractivity (Wildman–Crippen MR) is 119 cm³/mol. The van der Waals surface area contributed by atoms with E-state index in [-0.39, 0.29) is 0 Å². The molecule has 0 saturated heterocycles. The Bertz CT molecular complexity index is 730. The molecule has 0 fully saturated rings. The summed E-state index contributed by atoms with van der Waals surface area (Å²) in [4.78, 5) is 9.00. The van der Waals surface area contributed by atoms with Crippen LogP contribution in [0.3, 0.4) is 0 Å². The van der Waals surface area contributed by atoms with Gasteiger partial charge in [0.1, 0.15) is 11.5 Å². The highest BCUT2D eigenvalue weighted by molar-refractivity contribution is 6.17. The molecule has 0 heterocycles. The summed E-state index contributed by atoms with van der Waals surface area (Å²) in [7, 11) is 0. The van der Waals surface area contributed by atoms with E-state index in [0.717, 1.165) is 72.9 Å². The van der Waals surface area contributed by atoms with Gasteiger partial charge in [-0.25, -0.2) is 0 Å². The molecule has 0 aliphatic rings. The number of ether oxygens (including phenoxy) is 2. The molecule has 0 atom stereocenters. The number of hydrogen-bond acceptors (Lipinski definition) is 4. The first-order chi connectivity index (χ1) is 13.6. The average molecular weight is 381 g/mol. The fourth-order valence-corrected chi connectivity index (χ4v) is 2.62. The summed E-state index contributed by atoms with van der Waals surface area (Å²) in [5, 5.41) is 0. The maximum atomic E-state index is 5.73. The van der Waals surface area contributed by atoms with E-state index in [9.17, 15) is 0 Å². The van der Waals surface area contributed by atoms with Crippen molar-refractivity contribution in [1.29, 1.82) is 0 Å². The maximum Gasteiger partial charge on any atom is 0.119 e. The molecule has 0 aliphatic carbocycles. The quantitative estimate of drug-likeness (QED) is 0.319. The van der Waals surface area contributed by atoms with E-state index in [2.05, 4.69) is 23.8 Å². The number of unbranched alkanes of at least 4 members (excludes halogenated alkanes) is 2. The van der Waals surface area contributed by atoms with Gasteiger partial charge in [-0.3, -0.25) is 9.98 Å². The zero-order valence-electron chi connectivity index (χ0n) is 17.6. The van der Waals surface area contributed by atoms with Crippen molar-refractivity contribution in [2.75, 3.05) is 13.2 Å². The molecule has 0 aliphatic heterocycles. The smallest absolute Gasteiger partial charge is 0.119 e. The van der Waals surface area contributed by atoms with Gasteiger partial charge >= 0.3 is 0 Å². The summed E-state index contributed by atoms with van der Waals surface area (Å²) in [6.07, 6.45) is 7.86. The van der Waals surface area contributed by atoms with E-state index in [1.54, 1.807) is 12.4 Å². The minimum Gasteiger partial charge on any atom is -0.494 e. The number of aryl methyl sites for hydroxylation is 2. The van der Waals surface area contributed by atoms with Crippen molar-refractivity contribution in [3.8, 4) is 11.5 Å². The molecule has 2 aromatic rings. The van der Waals surface area contributed by atoms with Crippen LogP contribution in [0.1, 0.15) is 50.7 Å². The summed E-state index contributed by atoms with van der Waals surface area (Å²) in [6, 6.07) is 12.0. The fourth-order valence-electron chi connectivity index (χ4n) is 2.62. The Labute approximate surface area is 169 Å². The SMILES string of the molecule is CCCCOc1ccc(N=CC=Nc2ccc(OCCCC)cc2C)c(C)c1. The molecule has 2 aromatic carbocycles. The Morgan fingerprint density at radius 2 is 1.14 bits per heavy atom. The Morgan fingerprint density at radius 1 is 0.714 bits per heavy atom. The third-order valence-electron chi connectivity index (χ3n) is 4.36. The highest BCUT2D eigenvalue weighted by atomic mass is 16.5. The second-order valence-corrected chi connectivity index (χ2v) is 6.86. The maximum absolute atomic E-state index is 5.73. The second-order valence-electron chi connectivity index (χ2n) is 6.86. The molecular weight excluding hydrogens is 348 g/mol. The minimum absolute atomic E-state index is 0.757. The van der Waals surface area contributed by atoms with Gasteiger partial charge in [0, 0.05) is 12.4 Å². The summed E-state index contributed by atoms with van der Waals surface area (Å²) in [5.74, 6) is 1.80. The van der Waals surface area contributed by atoms with Crippen LogP contribution in [0.25, 0.3) is 0 Å². The van der Waals surface area contributed by atoms with Crippen LogP contribution in [0.15, 0.2) is 46.4 Å². The summed E-state index contributed by atoms with van der Waals surface area (Å²) >= 11 is 0. The van der Waals surface area contributed by atoms with Crippen LogP contribution in [-0.2, 0) is 0 Å². The number of rotatable bonds is 11. The topological polar surface area (TPSA) is 43.2 Å². The van der Waals surface area contributed by atoms with E-state index < -0.39 is 0 Å². The lowest BCUT2D eigenvalue weighted by molar-refractivity contribution is 0.309. The molecule has 0 N–H and O–H groups in total. The lowest BCUT2D eigenvalue weighted by Crippen LogP contribution is -1.96. The average Bonchev–Trinajstić information content (AvgIpc) is 2.68. The van der Waals surface area contributed by atoms with Crippen molar-refractivity contribution in [1.82, 2.24) is 0 Å². The van der Waals surface area contributed by atoms with Crippen LogP contribution in [0.4, 0.5) is 11.4 Å². The van der Waals surface area contributed by atoms with Crippen molar-refractivity contribution in [2.45, 2.75) is 53.4 Å². The lowest BCUT2D eigenvalue weighted by atomic mass is 10.2. The molecule has 0 amide bonds. The first-order valence-electron chi connectivity index (χ1n) is 10.2. The van der Waals surface area contributed by atoms with E-state index in [1.807, 2.05) is 50.2 Å². The van der Waals surface area contributed by atoms with E-state index >= 15 is 0 Å². The van der Waals surface area contributed by atoms with Crippen molar-refractivity contribution in [2.24, 2.45) is 9.98 Å². The Hall–Kier alpha value is -2.62. The molecule has 0 radical (unpaired) electrons. The number of nitrogens with zero attached hydrogens (tertiary/aromatic N) is 2. The van der Waals surface area contributed by atoms with Crippen molar-refractivity contribution in [3.63, 3.8) is 0 Å². The van der Waals surface area contributed by atoms with Crippen LogP contribution in [0.5, 0.6) is 11.5 Å². The predicted octanol–water partition coefficient (Wildman–Crippen LogP) is 6.77. The van der Waals surface area contributed by atoms with Crippen molar-refractivity contribution >= 4 is 23.8 Å². The standard InChI is InChI=1S/C24H32N2O2/c1-5-7-15-27-21-9-11-23(19(3)17-21)25-13-14-26-24-12-10-22(18-20(24)4)28-16-8-6-2/h9-14,17-18H,5-8,15-16H2,1-4H3. The van der Waals surface area contributed by atoms with Gasteiger partial charge in [-0.2, -0.15) is 0 Å². The Kier molecular flexibility index (Phi) is 9.26. The number of benzene rings is 2. The van der Waals surface area contributed by atoms with Crippen LogP contribution >= 0.6 is 0 Å². The Morgan fingerprint density at radius 3 is 1.50 bits per heavy atom. The highest BCUT2D eigenvalue weighted by Crippen LogP contribution is 2.25. The molecule has 0 aromatic heterocycles. The van der Waals surface area contributed by atoms with Crippen LogP contribution < -0.4 is 9.47 Å². The summed E-state index contributed by atoms with van der Waals surface area (Å²) in [5.41, 5.74) is 4.02. The molecular formula is C24H32N2O2. The summed E-state index contributed by atoms with van der Waals surface area (Å²) in [6.45, 7) is 9.91. The molecule has 2 rings (SSSR count).